The Balaban J connectivity index is 2.03. The SMILES string of the molecule is Cc1ccc(Cl)c(C(=O)NC2CC(F)(F)C2)c1. The highest BCUT2D eigenvalue weighted by Gasteiger charge is 2.46. The number of hydrogen-bond donors (Lipinski definition) is 1. The Hall–Kier alpha value is -1.16. The zero-order valence-corrected chi connectivity index (χ0v) is 10.0. The average molecular weight is 260 g/mol. The van der Waals surface area contributed by atoms with Crippen LogP contribution in [0.15, 0.2) is 18.2 Å². The summed E-state index contributed by atoms with van der Waals surface area (Å²) in [6.07, 6.45) is -0.579. The Morgan fingerprint density at radius 1 is 1.47 bits per heavy atom. The summed E-state index contributed by atoms with van der Waals surface area (Å²) in [5.41, 5.74) is 1.24. The zero-order valence-electron chi connectivity index (χ0n) is 9.27. The summed E-state index contributed by atoms with van der Waals surface area (Å²) in [7, 11) is 0. The van der Waals surface area contributed by atoms with Crippen molar-refractivity contribution in [2.24, 2.45) is 0 Å². The van der Waals surface area contributed by atoms with Gasteiger partial charge in [-0.15, -0.1) is 0 Å². The van der Waals surface area contributed by atoms with E-state index < -0.39 is 12.0 Å². The third-order valence-corrected chi connectivity index (χ3v) is 3.12. The van der Waals surface area contributed by atoms with E-state index in [-0.39, 0.29) is 18.7 Å². The third-order valence-electron chi connectivity index (χ3n) is 2.79. The minimum Gasteiger partial charge on any atom is -0.349 e. The minimum atomic E-state index is -2.63. The molecule has 1 aromatic carbocycles. The second-order valence-electron chi connectivity index (χ2n) is 4.42. The maximum absolute atomic E-state index is 12.6. The van der Waals surface area contributed by atoms with E-state index in [0.29, 0.717) is 10.6 Å². The molecule has 0 aliphatic heterocycles. The Kier molecular flexibility index (Phi) is 3.08. The van der Waals surface area contributed by atoms with Crippen molar-refractivity contribution in [2.45, 2.75) is 31.7 Å². The molecule has 17 heavy (non-hydrogen) atoms. The summed E-state index contributed by atoms with van der Waals surface area (Å²) in [4.78, 5) is 11.8. The number of benzene rings is 1. The molecule has 0 radical (unpaired) electrons. The predicted molar refractivity (Wildman–Crippen MR) is 61.6 cm³/mol. The number of carbonyl (C=O) groups is 1. The number of halogens is 3. The summed E-state index contributed by atoms with van der Waals surface area (Å²) < 4.78 is 25.2. The van der Waals surface area contributed by atoms with Crippen molar-refractivity contribution in [3.63, 3.8) is 0 Å². The molecule has 1 amide bonds. The Bertz CT molecular complexity index is 454. The van der Waals surface area contributed by atoms with Crippen LogP contribution in [0.3, 0.4) is 0 Å². The molecule has 1 fully saturated rings. The number of nitrogens with one attached hydrogen (secondary N) is 1. The molecule has 0 heterocycles. The monoisotopic (exact) mass is 259 g/mol. The van der Waals surface area contributed by atoms with Gasteiger partial charge in [-0.05, 0) is 19.1 Å². The van der Waals surface area contributed by atoms with Crippen LogP contribution >= 0.6 is 11.6 Å². The van der Waals surface area contributed by atoms with Crippen LogP contribution in [0.25, 0.3) is 0 Å². The number of amides is 1. The third kappa shape index (κ3) is 2.75. The van der Waals surface area contributed by atoms with Crippen molar-refractivity contribution in [2.75, 3.05) is 0 Å². The largest absolute Gasteiger partial charge is 0.349 e. The zero-order chi connectivity index (χ0) is 12.6. The standard InChI is InChI=1S/C12H12ClF2NO/c1-7-2-3-10(13)9(4-7)11(17)16-8-5-12(14,15)6-8/h2-4,8H,5-6H2,1H3,(H,16,17). The van der Waals surface area contributed by atoms with Gasteiger partial charge in [0.05, 0.1) is 10.6 Å². The molecule has 0 unspecified atom stereocenters. The van der Waals surface area contributed by atoms with Crippen molar-refractivity contribution in [1.29, 1.82) is 0 Å². The molecule has 1 aliphatic rings. The lowest BCUT2D eigenvalue weighted by Gasteiger charge is -2.35. The summed E-state index contributed by atoms with van der Waals surface area (Å²) in [5, 5.41) is 2.89. The van der Waals surface area contributed by atoms with Gasteiger partial charge in [-0.2, -0.15) is 0 Å². The quantitative estimate of drug-likeness (QED) is 0.868. The first-order chi connectivity index (χ1) is 7.87. The molecule has 92 valence electrons. The first-order valence-corrected chi connectivity index (χ1v) is 5.70. The molecule has 0 saturated heterocycles. The summed E-state index contributed by atoms with van der Waals surface area (Å²) in [6.45, 7) is 1.84. The fourth-order valence-corrected chi connectivity index (χ4v) is 2.04. The van der Waals surface area contributed by atoms with E-state index in [1.54, 1.807) is 18.2 Å². The first kappa shape index (κ1) is 12.3. The van der Waals surface area contributed by atoms with E-state index in [0.717, 1.165) is 5.56 Å². The first-order valence-electron chi connectivity index (χ1n) is 5.32. The van der Waals surface area contributed by atoms with E-state index in [1.807, 2.05) is 6.92 Å². The molecule has 0 spiro atoms. The molecular formula is C12H12ClF2NO. The Labute approximate surface area is 103 Å². The molecule has 1 aromatic rings. The van der Waals surface area contributed by atoms with Crippen LogP contribution in [0.4, 0.5) is 8.78 Å². The van der Waals surface area contributed by atoms with E-state index in [2.05, 4.69) is 5.32 Å². The highest BCUT2D eigenvalue weighted by Crippen LogP contribution is 2.37. The van der Waals surface area contributed by atoms with E-state index in [1.165, 1.54) is 0 Å². The Morgan fingerprint density at radius 3 is 2.71 bits per heavy atom. The second kappa shape index (κ2) is 4.26. The Morgan fingerprint density at radius 2 is 2.12 bits per heavy atom. The van der Waals surface area contributed by atoms with Crippen LogP contribution in [0, 0.1) is 6.92 Å². The van der Waals surface area contributed by atoms with Gasteiger partial charge in [-0.1, -0.05) is 23.2 Å². The highest BCUT2D eigenvalue weighted by molar-refractivity contribution is 6.33. The lowest BCUT2D eigenvalue weighted by atomic mass is 9.88. The van der Waals surface area contributed by atoms with Gasteiger partial charge >= 0.3 is 0 Å². The number of hydrogen-bond acceptors (Lipinski definition) is 1. The topological polar surface area (TPSA) is 29.1 Å². The van der Waals surface area contributed by atoms with Crippen LogP contribution in [-0.4, -0.2) is 17.9 Å². The lowest BCUT2D eigenvalue weighted by molar-refractivity contribution is -0.0901. The smallest absolute Gasteiger partial charge is 0.253 e. The van der Waals surface area contributed by atoms with Gasteiger partial charge in [0.1, 0.15) is 0 Å². The summed E-state index contributed by atoms with van der Waals surface area (Å²) in [5.74, 6) is -3.02. The average Bonchev–Trinajstić information content (AvgIpc) is 2.19. The summed E-state index contributed by atoms with van der Waals surface area (Å²) >= 11 is 5.88. The maximum atomic E-state index is 12.6. The molecular weight excluding hydrogens is 248 g/mol. The van der Waals surface area contributed by atoms with Gasteiger partial charge in [-0.25, -0.2) is 8.78 Å². The molecule has 2 nitrogen and oxygen atoms in total. The predicted octanol–water partition coefficient (Wildman–Crippen LogP) is 3.18. The van der Waals surface area contributed by atoms with Gasteiger partial charge < -0.3 is 5.32 Å². The van der Waals surface area contributed by atoms with Crippen LogP contribution in [0.1, 0.15) is 28.8 Å². The van der Waals surface area contributed by atoms with Crippen LogP contribution in [-0.2, 0) is 0 Å². The molecule has 1 aliphatic carbocycles. The van der Waals surface area contributed by atoms with E-state index >= 15 is 0 Å². The lowest BCUT2D eigenvalue weighted by Crippen LogP contribution is -2.50. The number of carbonyl (C=O) groups excluding carboxylic acids is 1. The molecule has 0 atom stereocenters. The van der Waals surface area contributed by atoms with Crippen molar-refractivity contribution in [1.82, 2.24) is 5.32 Å². The van der Waals surface area contributed by atoms with Crippen molar-refractivity contribution >= 4 is 17.5 Å². The maximum Gasteiger partial charge on any atom is 0.253 e. The molecule has 1 N–H and O–H groups in total. The van der Waals surface area contributed by atoms with Crippen LogP contribution < -0.4 is 5.32 Å². The molecule has 2 rings (SSSR count). The molecule has 0 bridgehead atoms. The van der Waals surface area contributed by atoms with Gasteiger partial charge in [0.15, 0.2) is 0 Å². The minimum absolute atomic E-state index is 0.290. The molecule has 5 heteroatoms. The number of alkyl halides is 2. The fourth-order valence-electron chi connectivity index (χ4n) is 1.84. The fraction of sp³-hybridized carbons (Fsp3) is 0.417. The molecule has 1 saturated carbocycles. The van der Waals surface area contributed by atoms with Gasteiger partial charge in [0.2, 0.25) is 0 Å². The van der Waals surface area contributed by atoms with Gasteiger partial charge in [0, 0.05) is 18.9 Å². The second-order valence-corrected chi connectivity index (χ2v) is 4.83. The van der Waals surface area contributed by atoms with E-state index in [4.69, 9.17) is 11.6 Å². The summed E-state index contributed by atoms with van der Waals surface area (Å²) in [6, 6.07) is 4.61. The molecule has 0 aromatic heterocycles. The van der Waals surface area contributed by atoms with E-state index in [9.17, 15) is 13.6 Å². The van der Waals surface area contributed by atoms with Crippen molar-refractivity contribution < 1.29 is 13.6 Å². The van der Waals surface area contributed by atoms with Crippen LogP contribution in [0.2, 0.25) is 5.02 Å². The number of aryl methyl sites for hydroxylation is 1. The normalized spacial score (nSPS) is 18.6. The number of rotatable bonds is 2. The van der Waals surface area contributed by atoms with Gasteiger partial charge in [0.25, 0.3) is 11.8 Å². The van der Waals surface area contributed by atoms with Crippen LogP contribution in [0.5, 0.6) is 0 Å². The van der Waals surface area contributed by atoms with Crippen molar-refractivity contribution in [3.05, 3.63) is 34.3 Å². The van der Waals surface area contributed by atoms with Gasteiger partial charge in [-0.3, -0.25) is 4.79 Å². The van der Waals surface area contributed by atoms with Crippen molar-refractivity contribution in [3.8, 4) is 0 Å². The highest BCUT2D eigenvalue weighted by atomic mass is 35.5.